The van der Waals surface area contributed by atoms with Crippen LogP contribution in [0.2, 0.25) is 0 Å². The Labute approximate surface area is 151 Å². The SMILES string of the molecule is CN(CC(=O)N1CCC(C(=O)O)CC1)C(=O)c1cc2c(s1)CCCC2. The molecule has 0 unspecified atom stereocenters. The molecule has 1 saturated heterocycles. The molecule has 25 heavy (non-hydrogen) atoms. The molecule has 0 saturated carbocycles. The molecule has 136 valence electrons. The molecular formula is C18H24N2O4S. The maximum atomic E-state index is 12.6. The van der Waals surface area contributed by atoms with Gasteiger partial charge in [0.2, 0.25) is 5.91 Å². The number of carboxylic acids is 1. The number of likely N-dealkylation sites (tertiary alicyclic amines) is 1. The third-order valence-electron chi connectivity index (χ3n) is 5.12. The third kappa shape index (κ3) is 4.03. The van der Waals surface area contributed by atoms with E-state index in [0.717, 1.165) is 12.8 Å². The van der Waals surface area contributed by atoms with Gasteiger partial charge in [-0.25, -0.2) is 0 Å². The molecule has 1 aromatic heterocycles. The number of aliphatic carboxylic acids is 1. The number of aryl methyl sites for hydroxylation is 2. The smallest absolute Gasteiger partial charge is 0.306 e. The van der Waals surface area contributed by atoms with E-state index in [1.54, 1.807) is 23.3 Å². The fraction of sp³-hybridized carbons (Fsp3) is 0.611. The van der Waals surface area contributed by atoms with Crippen LogP contribution >= 0.6 is 11.3 Å². The molecule has 0 spiro atoms. The molecular weight excluding hydrogens is 340 g/mol. The summed E-state index contributed by atoms with van der Waals surface area (Å²) in [7, 11) is 1.66. The molecule has 1 aliphatic heterocycles. The number of carbonyl (C=O) groups excluding carboxylic acids is 2. The number of carbonyl (C=O) groups is 3. The molecule has 2 aliphatic rings. The monoisotopic (exact) mass is 364 g/mol. The first-order chi connectivity index (χ1) is 12.0. The number of hydrogen-bond donors (Lipinski definition) is 1. The zero-order chi connectivity index (χ0) is 18.0. The summed E-state index contributed by atoms with van der Waals surface area (Å²) in [4.78, 5) is 41.2. The number of hydrogen-bond acceptors (Lipinski definition) is 4. The highest BCUT2D eigenvalue weighted by molar-refractivity contribution is 7.14. The number of piperidine rings is 1. The summed E-state index contributed by atoms with van der Waals surface area (Å²) in [6.07, 6.45) is 5.42. The highest BCUT2D eigenvalue weighted by atomic mass is 32.1. The van der Waals surface area contributed by atoms with Gasteiger partial charge in [-0.3, -0.25) is 14.4 Å². The van der Waals surface area contributed by atoms with E-state index < -0.39 is 5.97 Å². The Bertz CT molecular complexity index is 653. The minimum atomic E-state index is -0.791. The van der Waals surface area contributed by atoms with Gasteiger partial charge in [0.25, 0.3) is 5.91 Å². The summed E-state index contributed by atoms with van der Waals surface area (Å²) in [5, 5.41) is 9.02. The number of nitrogens with zero attached hydrogens (tertiary/aromatic N) is 2. The van der Waals surface area contributed by atoms with Crippen LogP contribution in [-0.2, 0) is 22.4 Å². The highest BCUT2D eigenvalue weighted by Gasteiger charge is 2.28. The van der Waals surface area contributed by atoms with E-state index in [4.69, 9.17) is 5.11 Å². The van der Waals surface area contributed by atoms with Crippen molar-refractivity contribution in [2.24, 2.45) is 5.92 Å². The van der Waals surface area contributed by atoms with Crippen LogP contribution in [-0.4, -0.2) is 59.4 Å². The number of rotatable bonds is 4. The van der Waals surface area contributed by atoms with Crippen LogP contribution in [0.3, 0.4) is 0 Å². The average molecular weight is 364 g/mol. The Morgan fingerprint density at radius 2 is 1.92 bits per heavy atom. The van der Waals surface area contributed by atoms with Crippen molar-refractivity contribution in [1.82, 2.24) is 9.80 Å². The second kappa shape index (κ2) is 7.56. The van der Waals surface area contributed by atoms with E-state index in [0.29, 0.717) is 30.8 Å². The average Bonchev–Trinajstić information content (AvgIpc) is 3.05. The summed E-state index contributed by atoms with van der Waals surface area (Å²) in [6, 6.07) is 1.99. The first-order valence-electron chi connectivity index (χ1n) is 8.83. The molecule has 2 amide bonds. The predicted octanol–water partition coefficient (Wildman–Crippen LogP) is 2.02. The Morgan fingerprint density at radius 3 is 2.56 bits per heavy atom. The van der Waals surface area contributed by atoms with Gasteiger partial charge in [0, 0.05) is 25.0 Å². The molecule has 1 N–H and O–H groups in total. The van der Waals surface area contributed by atoms with Crippen molar-refractivity contribution in [1.29, 1.82) is 0 Å². The van der Waals surface area contributed by atoms with Crippen molar-refractivity contribution in [3.05, 3.63) is 21.4 Å². The summed E-state index contributed by atoms with van der Waals surface area (Å²) in [5.41, 5.74) is 1.29. The number of thiophene rings is 1. The Kier molecular flexibility index (Phi) is 5.42. The van der Waals surface area contributed by atoms with E-state index in [1.165, 1.54) is 28.2 Å². The standard InChI is InChI=1S/C18H24N2O4S/c1-19(11-16(21)20-8-6-12(7-9-20)18(23)24)17(22)15-10-13-4-2-3-5-14(13)25-15/h10,12H,2-9,11H2,1H3,(H,23,24). The van der Waals surface area contributed by atoms with Crippen molar-refractivity contribution in [2.75, 3.05) is 26.7 Å². The van der Waals surface area contributed by atoms with E-state index in [-0.39, 0.29) is 24.3 Å². The molecule has 1 aromatic rings. The van der Waals surface area contributed by atoms with Crippen LogP contribution in [0.15, 0.2) is 6.07 Å². The van der Waals surface area contributed by atoms with E-state index in [2.05, 4.69) is 0 Å². The lowest BCUT2D eigenvalue weighted by molar-refractivity contribution is -0.145. The number of amides is 2. The lowest BCUT2D eigenvalue weighted by Gasteiger charge is -2.31. The topological polar surface area (TPSA) is 77.9 Å². The van der Waals surface area contributed by atoms with Gasteiger partial charge in [-0.2, -0.15) is 0 Å². The minimum absolute atomic E-state index is 0.0408. The maximum absolute atomic E-state index is 12.6. The summed E-state index contributed by atoms with van der Waals surface area (Å²) in [6.45, 7) is 0.940. The van der Waals surface area contributed by atoms with Gasteiger partial charge in [0.15, 0.2) is 0 Å². The van der Waals surface area contributed by atoms with Crippen molar-refractivity contribution in [3.63, 3.8) is 0 Å². The van der Waals surface area contributed by atoms with Crippen molar-refractivity contribution in [3.8, 4) is 0 Å². The maximum Gasteiger partial charge on any atom is 0.306 e. The van der Waals surface area contributed by atoms with Crippen LogP contribution < -0.4 is 0 Å². The molecule has 6 nitrogen and oxygen atoms in total. The Balaban J connectivity index is 1.55. The largest absolute Gasteiger partial charge is 0.481 e. The van der Waals surface area contributed by atoms with Crippen molar-refractivity contribution >= 4 is 29.1 Å². The molecule has 3 rings (SSSR count). The molecule has 0 bridgehead atoms. The first-order valence-corrected chi connectivity index (χ1v) is 9.65. The van der Waals surface area contributed by atoms with Gasteiger partial charge in [-0.1, -0.05) is 0 Å². The zero-order valence-electron chi connectivity index (χ0n) is 14.5. The lowest BCUT2D eigenvalue weighted by atomic mass is 9.97. The highest BCUT2D eigenvalue weighted by Crippen LogP contribution is 2.30. The fourth-order valence-electron chi connectivity index (χ4n) is 3.53. The van der Waals surface area contributed by atoms with Crippen LogP contribution in [0.25, 0.3) is 0 Å². The van der Waals surface area contributed by atoms with Gasteiger partial charge in [-0.05, 0) is 50.2 Å². The van der Waals surface area contributed by atoms with Gasteiger partial charge < -0.3 is 14.9 Å². The number of carboxylic acid groups (broad SMARTS) is 1. The fourth-order valence-corrected chi connectivity index (χ4v) is 4.78. The molecule has 0 radical (unpaired) electrons. The number of likely N-dealkylation sites (N-methyl/N-ethyl adjacent to an activating group) is 1. The number of fused-ring (bicyclic) bond motifs is 1. The van der Waals surface area contributed by atoms with E-state index in [9.17, 15) is 14.4 Å². The molecule has 1 aliphatic carbocycles. The predicted molar refractivity (Wildman–Crippen MR) is 94.9 cm³/mol. The summed E-state index contributed by atoms with van der Waals surface area (Å²) < 4.78 is 0. The van der Waals surface area contributed by atoms with Crippen LogP contribution in [0, 0.1) is 5.92 Å². The lowest BCUT2D eigenvalue weighted by Crippen LogP contribution is -2.45. The zero-order valence-corrected chi connectivity index (χ0v) is 15.3. The summed E-state index contributed by atoms with van der Waals surface area (Å²) in [5.74, 6) is -1.36. The summed E-state index contributed by atoms with van der Waals surface area (Å²) >= 11 is 1.56. The van der Waals surface area contributed by atoms with Gasteiger partial charge >= 0.3 is 5.97 Å². The molecule has 2 heterocycles. The first kappa shape index (κ1) is 17.9. The minimum Gasteiger partial charge on any atom is -0.481 e. The molecule has 0 atom stereocenters. The van der Waals surface area contributed by atoms with Crippen LogP contribution in [0.5, 0.6) is 0 Å². The van der Waals surface area contributed by atoms with Crippen LogP contribution in [0.4, 0.5) is 0 Å². The normalized spacial score (nSPS) is 17.9. The quantitative estimate of drug-likeness (QED) is 0.887. The van der Waals surface area contributed by atoms with Gasteiger partial charge in [0.1, 0.15) is 0 Å². The molecule has 0 aromatic carbocycles. The molecule has 1 fully saturated rings. The van der Waals surface area contributed by atoms with E-state index >= 15 is 0 Å². The van der Waals surface area contributed by atoms with Gasteiger partial charge in [0.05, 0.1) is 17.3 Å². The second-order valence-corrected chi connectivity index (χ2v) is 8.06. The molecule has 7 heteroatoms. The van der Waals surface area contributed by atoms with E-state index in [1.807, 2.05) is 6.07 Å². The Hall–Kier alpha value is -1.89. The van der Waals surface area contributed by atoms with Crippen molar-refractivity contribution < 1.29 is 19.5 Å². The van der Waals surface area contributed by atoms with Gasteiger partial charge in [-0.15, -0.1) is 11.3 Å². The van der Waals surface area contributed by atoms with Crippen molar-refractivity contribution in [2.45, 2.75) is 38.5 Å². The third-order valence-corrected chi connectivity index (χ3v) is 6.35. The Morgan fingerprint density at radius 1 is 1.24 bits per heavy atom. The van der Waals surface area contributed by atoms with Crippen LogP contribution in [0.1, 0.15) is 45.8 Å². The second-order valence-electron chi connectivity index (χ2n) is 6.92.